The lowest BCUT2D eigenvalue weighted by Crippen LogP contribution is -2.47. The first kappa shape index (κ1) is 22.2. The molecule has 35 heavy (non-hydrogen) atoms. The van der Waals surface area contributed by atoms with Crippen LogP contribution in [0.1, 0.15) is 25.8 Å². The van der Waals surface area contributed by atoms with Crippen molar-refractivity contribution < 1.29 is 19.2 Å². The van der Waals surface area contributed by atoms with Crippen LogP contribution < -0.4 is 15.5 Å². The Hall–Kier alpha value is -4.61. The van der Waals surface area contributed by atoms with E-state index in [-0.39, 0.29) is 12.3 Å². The van der Waals surface area contributed by atoms with Crippen molar-refractivity contribution in [3.63, 3.8) is 0 Å². The van der Waals surface area contributed by atoms with Crippen molar-refractivity contribution in [2.24, 2.45) is 0 Å². The lowest BCUT2D eigenvalue weighted by Gasteiger charge is -2.29. The van der Waals surface area contributed by atoms with Crippen LogP contribution in [0.2, 0.25) is 0 Å². The predicted octanol–water partition coefficient (Wildman–Crippen LogP) is 1.19. The van der Waals surface area contributed by atoms with Crippen LogP contribution in [0.4, 0.5) is 16.2 Å². The van der Waals surface area contributed by atoms with E-state index in [0.29, 0.717) is 22.6 Å². The monoisotopic (exact) mass is 474 g/mol. The Labute approximate surface area is 199 Å². The van der Waals surface area contributed by atoms with Gasteiger partial charge in [0.25, 0.3) is 5.91 Å². The van der Waals surface area contributed by atoms with Crippen LogP contribution in [0.5, 0.6) is 0 Å². The third-order valence-corrected chi connectivity index (χ3v) is 6.23. The van der Waals surface area contributed by atoms with Gasteiger partial charge in [0.2, 0.25) is 11.8 Å². The quantitative estimate of drug-likeness (QED) is 0.541. The molecule has 3 heterocycles. The molecular formula is C23H22N8O4. The number of anilines is 2. The van der Waals surface area contributed by atoms with Gasteiger partial charge in [-0.2, -0.15) is 0 Å². The number of carbonyl (C=O) groups excluding carboxylic acids is 4. The van der Waals surface area contributed by atoms with Gasteiger partial charge in [-0.05, 0) is 54.1 Å². The highest BCUT2D eigenvalue weighted by molar-refractivity contribution is 6.12. The number of nitrogens with one attached hydrogen (secondary N) is 2. The number of tetrazole rings is 1. The predicted molar refractivity (Wildman–Crippen MR) is 123 cm³/mol. The van der Waals surface area contributed by atoms with E-state index in [1.807, 2.05) is 0 Å². The molecule has 2 aromatic carbocycles. The van der Waals surface area contributed by atoms with Crippen LogP contribution >= 0.6 is 0 Å². The molecule has 0 bridgehead atoms. The van der Waals surface area contributed by atoms with Gasteiger partial charge in [0.05, 0.1) is 17.1 Å². The third kappa shape index (κ3) is 3.78. The van der Waals surface area contributed by atoms with E-state index in [0.717, 1.165) is 4.90 Å². The number of para-hydroxylation sites is 2. The van der Waals surface area contributed by atoms with Gasteiger partial charge >= 0.3 is 6.03 Å². The molecule has 1 saturated heterocycles. The minimum absolute atomic E-state index is 0.0855. The zero-order chi connectivity index (χ0) is 24.7. The molecule has 0 unspecified atom stereocenters. The standard InChI is InChI=1S/C23H22N8O4/c1-14-10-19(32)25-17-8-3-4-9-18(17)31(14)20(33)12-29-21(34)23(2,26-22(29)35)15-6-5-7-16(11-15)30-13-24-27-28-30/h3-9,11,13-14H,10,12H2,1-2H3,(H,25,32)(H,26,35)/t14-,23-/m0/s1. The van der Waals surface area contributed by atoms with Gasteiger partial charge < -0.3 is 15.5 Å². The van der Waals surface area contributed by atoms with E-state index in [1.165, 1.54) is 15.9 Å². The van der Waals surface area contributed by atoms with E-state index < -0.39 is 36.0 Å². The molecule has 0 aliphatic carbocycles. The SMILES string of the molecule is C[C@H]1CC(=O)Nc2ccccc2N1C(=O)CN1C(=O)N[C@@](C)(c2cccc(-n3cnnn3)c2)C1=O. The zero-order valence-corrected chi connectivity index (χ0v) is 19.0. The minimum atomic E-state index is -1.39. The van der Waals surface area contributed by atoms with Gasteiger partial charge in [-0.1, -0.05) is 24.3 Å². The van der Waals surface area contributed by atoms with Crippen molar-refractivity contribution in [2.75, 3.05) is 16.8 Å². The first-order valence-electron chi connectivity index (χ1n) is 11.0. The second-order valence-corrected chi connectivity index (χ2v) is 8.63. The van der Waals surface area contributed by atoms with Crippen molar-refractivity contribution in [3.05, 3.63) is 60.4 Å². The molecule has 5 rings (SSSR count). The first-order valence-corrected chi connectivity index (χ1v) is 11.0. The number of aromatic nitrogens is 4. The van der Waals surface area contributed by atoms with Crippen molar-refractivity contribution in [1.29, 1.82) is 0 Å². The Bertz CT molecular complexity index is 1340. The number of nitrogens with zero attached hydrogens (tertiary/aromatic N) is 6. The molecule has 2 atom stereocenters. The van der Waals surface area contributed by atoms with Crippen molar-refractivity contribution in [2.45, 2.75) is 31.8 Å². The highest BCUT2D eigenvalue weighted by Gasteiger charge is 2.50. The Balaban J connectivity index is 1.42. The van der Waals surface area contributed by atoms with Gasteiger partial charge in [-0.3, -0.25) is 19.3 Å². The smallest absolute Gasteiger partial charge is 0.324 e. The molecule has 0 radical (unpaired) electrons. The normalized spacial score (nSPS) is 21.9. The molecule has 2 N–H and O–H groups in total. The Morgan fingerprint density at radius 2 is 1.94 bits per heavy atom. The summed E-state index contributed by atoms with van der Waals surface area (Å²) in [6.45, 7) is 2.86. The van der Waals surface area contributed by atoms with Crippen LogP contribution in [0.15, 0.2) is 54.9 Å². The van der Waals surface area contributed by atoms with E-state index >= 15 is 0 Å². The number of urea groups is 1. The molecule has 1 aromatic heterocycles. The number of hydrogen-bond acceptors (Lipinski definition) is 7. The lowest BCUT2D eigenvalue weighted by atomic mass is 9.91. The molecule has 5 amide bonds. The number of amides is 5. The molecule has 0 saturated carbocycles. The van der Waals surface area contributed by atoms with E-state index in [1.54, 1.807) is 62.4 Å². The summed E-state index contributed by atoms with van der Waals surface area (Å²) in [5.41, 5.74) is 0.748. The Morgan fingerprint density at radius 1 is 1.14 bits per heavy atom. The summed E-state index contributed by atoms with van der Waals surface area (Å²) in [4.78, 5) is 54.4. The maximum Gasteiger partial charge on any atom is 0.325 e. The van der Waals surface area contributed by atoms with Crippen molar-refractivity contribution >= 4 is 35.1 Å². The summed E-state index contributed by atoms with van der Waals surface area (Å²) in [7, 11) is 0. The molecular weight excluding hydrogens is 452 g/mol. The summed E-state index contributed by atoms with van der Waals surface area (Å²) < 4.78 is 1.43. The van der Waals surface area contributed by atoms with E-state index in [4.69, 9.17) is 0 Å². The fourth-order valence-corrected chi connectivity index (χ4v) is 4.45. The molecule has 0 spiro atoms. The molecule has 12 nitrogen and oxygen atoms in total. The van der Waals surface area contributed by atoms with Crippen LogP contribution in [0.25, 0.3) is 5.69 Å². The van der Waals surface area contributed by atoms with E-state index in [2.05, 4.69) is 26.2 Å². The average molecular weight is 474 g/mol. The molecule has 3 aromatic rings. The maximum atomic E-state index is 13.5. The van der Waals surface area contributed by atoms with Crippen LogP contribution in [0.3, 0.4) is 0 Å². The number of benzene rings is 2. The Morgan fingerprint density at radius 3 is 2.71 bits per heavy atom. The number of carbonyl (C=O) groups is 4. The van der Waals surface area contributed by atoms with E-state index in [9.17, 15) is 19.2 Å². The second-order valence-electron chi connectivity index (χ2n) is 8.63. The topological polar surface area (TPSA) is 142 Å². The number of imide groups is 1. The summed E-state index contributed by atoms with van der Waals surface area (Å²) in [5, 5.41) is 16.6. The maximum absolute atomic E-state index is 13.5. The fraction of sp³-hybridized carbons (Fsp3) is 0.261. The highest BCUT2D eigenvalue weighted by atomic mass is 16.2. The van der Waals surface area contributed by atoms with Crippen LogP contribution in [-0.2, 0) is 19.9 Å². The van der Waals surface area contributed by atoms with Gasteiger partial charge in [0.1, 0.15) is 18.4 Å². The van der Waals surface area contributed by atoms with Crippen molar-refractivity contribution in [1.82, 2.24) is 30.4 Å². The summed E-state index contributed by atoms with van der Waals surface area (Å²) in [6.07, 6.45) is 1.50. The Kier molecular flexibility index (Phi) is 5.27. The minimum Gasteiger partial charge on any atom is -0.324 e. The van der Waals surface area contributed by atoms with Gasteiger partial charge in [-0.15, -0.1) is 5.10 Å². The lowest BCUT2D eigenvalue weighted by molar-refractivity contribution is -0.134. The van der Waals surface area contributed by atoms with Gasteiger partial charge in [0.15, 0.2) is 0 Å². The second kappa shape index (κ2) is 8.31. The highest BCUT2D eigenvalue weighted by Crippen LogP contribution is 2.33. The molecule has 12 heteroatoms. The van der Waals surface area contributed by atoms with Gasteiger partial charge in [-0.25, -0.2) is 9.48 Å². The first-order chi connectivity index (χ1) is 16.8. The van der Waals surface area contributed by atoms with Crippen molar-refractivity contribution in [3.8, 4) is 5.69 Å². The number of fused-ring (bicyclic) bond motifs is 1. The summed E-state index contributed by atoms with van der Waals surface area (Å²) in [6, 6.07) is 12.7. The average Bonchev–Trinajstić information content (AvgIpc) is 3.41. The third-order valence-electron chi connectivity index (χ3n) is 6.23. The summed E-state index contributed by atoms with van der Waals surface area (Å²) in [5.74, 6) is -1.25. The molecule has 2 aliphatic heterocycles. The zero-order valence-electron chi connectivity index (χ0n) is 19.0. The van der Waals surface area contributed by atoms with Crippen LogP contribution in [0, 0.1) is 0 Å². The number of rotatable bonds is 4. The fourth-order valence-electron chi connectivity index (χ4n) is 4.45. The molecule has 1 fully saturated rings. The van der Waals surface area contributed by atoms with Crippen LogP contribution in [-0.4, -0.2) is 61.4 Å². The largest absolute Gasteiger partial charge is 0.325 e. The summed E-state index contributed by atoms with van der Waals surface area (Å²) >= 11 is 0. The number of hydrogen-bond donors (Lipinski definition) is 2. The van der Waals surface area contributed by atoms with Gasteiger partial charge in [0, 0.05) is 12.5 Å². The molecule has 2 aliphatic rings. The molecule has 178 valence electrons.